The summed E-state index contributed by atoms with van der Waals surface area (Å²) >= 11 is 3.16. The van der Waals surface area contributed by atoms with Gasteiger partial charge in [0.2, 0.25) is 0 Å². The summed E-state index contributed by atoms with van der Waals surface area (Å²) in [6, 6.07) is 3.83. The van der Waals surface area contributed by atoms with Crippen molar-refractivity contribution in [3.05, 3.63) is 34.1 Å². The highest BCUT2D eigenvalue weighted by atomic mass is 79.9. The number of halogens is 2. The molecule has 0 radical (unpaired) electrons. The number of carbonyl (C=O) groups excluding carboxylic acids is 1. The monoisotopic (exact) mass is 343 g/mol. The van der Waals surface area contributed by atoms with Gasteiger partial charge in [-0.05, 0) is 47.0 Å². The number of amides is 1. The first-order valence-corrected chi connectivity index (χ1v) is 7.03. The van der Waals surface area contributed by atoms with Gasteiger partial charge in [0.1, 0.15) is 11.4 Å². The lowest BCUT2D eigenvalue weighted by Gasteiger charge is -2.28. The summed E-state index contributed by atoms with van der Waals surface area (Å²) in [5.74, 6) is -0.813. The molecule has 0 aromatic heterocycles. The van der Waals surface area contributed by atoms with Crippen molar-refractivity contribution in [2.45, 2.75) is 31.2 Å². The average molecular weight is 344 g/mol. The van der Waals surface area contributed by atoms with E-state index in [1.54, 1.807) is 0 Å². The van der Waals surface area contributed by atoms with Gasteiger partial charge in [-0.25, -0.2) is 4.39 Å². The van der Waals surface area contributed by atoms with E-state index in [0.29, 0.717) is 22.9 Å². The number of carbonyl (C=O) groups is 1. The van der Waals surface area contributed by atoms with Crippen LogP contribution in [-0.2, 0) is 0 Å². The highest BCUT2D eigenvalue weighted by Gasteiger charge is 2.40. The van der Waals surface area contributed by atoms with Gasteiger partial charge in [0, 0.05) is 4.47 Å². The van der Waals surface area contributed by atoms with Gasteiger partial charge >= 0.3 is 0 Å². The molecule has 108 valence electrons. The number of oxime groups is 1. The average Bonchev–Trinajstić information content (AvgIpc) is 2.87. The summed E-state index contributed by atoms with van der Waals surface area (Å²) in [6.45, 7) is 0. The van der Waals surface area contributed by atoms with Crippen LogP contribution in [0.3, 0.4) is 0 Å². The smallest absolute Gasteiger partial charge is 0.253 e. The lowest BCUT2D eigenvalue weighted by atomic mass is 9.95. The summed E-state index contributed by atoms with van der Waals surface area (Å²) < 4.78 is 13.4. The molecule has 5 nitrogen and oxygen atoms in total. The fourth-order valence-electron chi connectivity index (χ4n) is 2.48. The van der Waals surface area contributed by atoms with Gasteiger partial charge < -0.3 is 16.3 Å². The molecular weight excluding hydrogens is 329 g/mol. The lowest BCUT2D eigenvalue weighted by molar-refractivity contribution is 0.0922. The highest BCUT2D eigenvalue weighted by molar-refractivity contribution is 9.10. The molecule has 0 saturated heterocycles. The van der Waals surface area contributed by atoms with Crippen LogP contribution in [0.2, 0.25) is 0 Å². The highest BCUT2D eigenvalue weighted by Crippen LogP contribution is 2.30. The predicted molar refractivity (Wildman–Crippen MR) is 76.2 cm³/mol. The first-order chi connectivity index (χ1) is 9.48. The molecule has 1 amide bonds. The minimum Gasteiger partial charge on any atom is -0.409 e. The van der Waals surface area contributed by atoms with Gasteiger partial charge in [-0.2, -0.15) is 0 Å². The zero-order valence-corrected chi connectivity index (χ0v) is 12.3. The third-order valence-electron chi connectivity index (χ3n) is 3.58. The van der Waals surface area contributed by atoms with E-state index in [1.807, 2.05) is 0 Å². The second-order valence-corrected chi connectivity index (χ2v) is 5.71. The third kappa shape index (κ3) is 2.77. The molecule has 0 atom stereocenters. The summed E-state index contributed by atoms with van der Waals surface area (Å²) in [6.07, 6.45) is 3.02. The van der Waals surface area contributed by atoms with Crippen LogP contribution in [0.15, 0.2) is 27.8 Å². The SMILES string of the molecule is N/C(=N/O)C1(NC(=O)c2ccc(F)cc2Br)CCCC1. The van der Waals surface area contributed by atoms with E-state index < -0.39 is 11.4 Å². The topological polar surface area (TPSA) is 87.7 Å². The number of benzene rings is 1. The fraction of sp³-hybridized carbons (Fsp3) is 0.385. The van der Waals surface area contributed by atoms with Crippen LogP contribution in [-0.4, -0.2) is 22.5 Å². The van der Waals surface area contributed by atoms with E-state index in [9.17, 15) is 9.18 Å². The number of hydrogen-bond acceptors (Lipinski definition) is 3. The van der Waals surface area contributed by atoms with Gasteiger partial charge in [-0.1, -0.05) is 18.0 Å². The minimum atomic E-state index is -0.820. The first-order valence-electron chi connectivity index (χ1n) is 6.24. The number of rotatable bonds is 3. The molecule has 1 aliphatic carbocycles. The zero-order valence-electron chi connectivity index (χ0n) is 10.7. The quantitative estimate of drug-likeness (QED) is 0.340. The Bertz CT molecular complexity index is 557. The van der Waals surface area contributed by atoms with E-state index in [-0.39, 0.29) is 11.7 Å². The van der Waals surface area contributed by atoms with Crippen molar-refractivity contribution in [1.29, 1.82) is 0 Å². The largest absolute Gasteiger partial charge is 0.409 e. The Morgan fingerprint density at radius 3 is 2.65 bits per heavy atom. The number of hydrogen-bond donors (Lipinski definition) is 3. The van der Waals surface area contributed by atoms with E-state index in [4.69, 9.17) is 10.9 Å². The molecule has 1 fully saturated rings. The van der Waals surface area contributed by atoms with Gasteiger partial charge in [-0.3, -0.25) is 4.79 Å². The molecule has 0 bridgehead atoms. The second-order valence-electron chi connectivity index (χ2n) is 4.85. The van der Waals surface area contributed by atoms with Gasteiger partial charge in [-0.15, -0.1) is 0 Å². The maximum Gasteiger partial charge on any atom is 0.253 e. The molecule has 0 unspecified atom stereocenters. The Hall–Kier alpha value is -1.63. The maximum atomic E-state index is 13.0. The predicted octanol–water partition coefficient (Wildman–Crippen LogP) is 2.38. The zero-order chi connectivity index (χ0) is 14.8. The number of nitrogens with two attached hydrogens (primary N) is 1. The Labute approximate surface area is 124 Å². The molecule has 1 saturated carbocycles. The molecule has 20 heavy (non-hydrogen) atoms. The molecule has 1 aliphatic rings. The molecular formula is C13H15BrFN3O2. The normalized spacial score (nSPS) is 18.0. The van der Waals surface area contributed by atoms with Crippen LogP contribution in [0.4, 0.5) is 4.39 Å². The molecule has 0 aliphatic heterocycles. The van der Waals surface area contributed by atoms with Gasteiger partial charge in [0.25, 0.3) is 5.91 Å². The molecule has 0 heterocycles. The van der Waals surface area contributed by atoms with E-state index in [1.165, 1.54) is 18.2 Å². The molecule has 0 spiro atoms. The van der Waals surface area contributed by atoms with Crippen molar-refractivity contribution in [2.75, 3.05) is 0 Å². The Kier molecular flexibility index (Phi) is 4.27. The van der Waals surface area contributed by atoms with E-state index in [2.05, 4.69) is 26.4 Å². The molecule has 2 rings (SSSR count). The Morgan fingerprint density at radius 2 is 2.10 bits per heavy atom. The summed E-state index contributed by atoms with van der Waals surface area (Å²) in [4.78, 5) is 12.3. The van der Waals surface area contributed by atoms with Crippen molar-refractivity contribution in [2.24, 2.45) is 10.9 Å². The van der Waals surface area contributed by atoms with Crippen molar-refractivity contribution in [3.8, 4) is 0 Å². The lowest BCUT2D eigenvalue weighted by Crippen LogP contribution is -2.55. The van der Waals surface area contributed by atoms with Gasteiger partial charge in [0.05, 0.1) is 5.56 Å². The van der Waals surface area contributed by atoms with Crippen molar-refractivity contribution in [3.63, 3.8) is 0 Å². The molecule has 1 aromatic carbocycles. The molecule has 4 N–H and O–H groups in total. The summed E-state index contributed by atoms with van der Waals surface area (Å²) in [5.41, 5.74) is 5.20. The van der Waals surface area contributed by atoms with Crippen LogP contribution >= 0.6 is 15.9 Å². The summed E-state index contributed by atoms with van der Waals surface area (Å²) in [7, 11) is 0. The van der Waals surface area contributed by atoms with Crippen molar-refractivity contribution < 1.29 is 14.4 Å². The van der Waals surface area contributed by atoms with E-state index >= 15 is 0 Å². The standard InChI is InChI=1S/C13H15BrFN3O2/c14-10-7-8(15)3-4-9(10)11(19)17-13(12(16)18-20)5-1-2-6-13/h3-4,7,20H,1-2,5-6H2,(H2,16,18)(H,17,19). The van der Waals surface area contributed by atoms with Crippen molar-refractivity contribution in [1.82, 2.24) is 5.32 Å². The van der Waals surface area contributed by atoms with Crippen LogP contribution in [0.25, 0.3) is 0 Å². The Balaban J connectivity index is 2.25. The maximum absolute atomic E-state index is 13.0. The van der Waals surface area contributed by atoms with E-state index in [0.717, 1.165) is 12.8 Å². The second kappa shape index (κ2) is 5.78. The van der Waals surface area contributed by atoms with Crippen LogP contribution in [0.5, 0.6) is 0 Å². The third-order valence-corrected chi connectivity index (χ3v) is 4.24. The van der Waals surface area contributed by atoms with Crippen LogP contribution in [0, 0.1) is 5.82 Å². The summed E-state index contributed by atoms with van der Waals surface area (Å²) in [5, 5.41) is 14.7. The molecule has 1 aromatic rings. The Morgan fingerprint density at radius 1 is 1.45 bits per heavy atom. The van der Waals surface area contributed by atoms with Gasteiger partial charge in [0.15, 0.2) is 5.84 Å². The minimum absolute atomic E-state index is 0.00147. The fourth-order valence-corrected chi connectivity index (χ4v) is 3.01. The van der Waals surface area contributed by atoms with Crippen LogP contribution in [0.1, 0.15) is 36.0 Å². The molecule has 7 heteroatoms. The van der Waals surface area contributed by atoms with Crippen LogP contribution < -0.4 is 11.1 Å². The first kappa shape index (κ1) is 14.8. The number of nitrogens with one attached hydrogen (secondary N) is 1. The van der Waals surface area contributed by atoms with Crippen molar-refractivity contribution >= 4 is 27.7 Å². The number of nitrogens with zero attached hydrogens (tertiary/aromatic N) is 1. The number of amidine groups is 1.